The first-order valence-electron chi connectivity index (χ1n) is 5.59. The third-order valence-electron chi connectivity index (χ3n) is 2.83. The Bertz CT molecular complexity index is 725. The Labute approximate surface area is 103 Å². The van der Waals surface area contributed by atoms with E-state index in [1.54, 1.807) is 36.4 Å². The molecule has 88 valence electrons. The Morgan fingerprint density at radius 2 is 1.78 bits per heavy atom. The van der Waals surface area contributed by atoms with Gasteiger partial charge in [-0.15, -0.1) is 0 Å². The van der Waals surface area contributed by atoms with Crippen molar-refractivity contribution in [3.05, 3.63) is 60.4 Å². The number of phenolic OH excluding ortho intramolecular Hbond substituents is 1. The lowest BCUT2D eigenvalue weighted by atomic mass is 10.1. The molecule has 0 aliphatic heterocycles. The van der Waals surface area contributed by atoms with Crippen LogP contribution in [0.5, 0.6) is 5.75 Å². The van der Waals surface area contributed by atoms with Crippen LogP contribution in [0.3, 0.4) is 0 Å². The van der Waals surface area contributed by atoms with Crippen LogP contribution in [0.1, 0.15) is 0 Å². The maximum absolute atomic E-state index is 13.1. The number of halogens is 1. The molecule has 0 aliphatic rings. The first-order valence-corrected chi connectivity index (χ1v) is 5.59. The molecule has 0 unspecified atom stereocenters. The zero-order chi connectivity index (χ0) is 12.5. The second-order valence-corrected chi connectivity index (χ2v) is 4.05. The monoisotopic (exact) mass is 239 g/mol. The maximum Gasteiger partial charge on any atom is 0.124 e. The molecule has 0 saturated heterocycles. The summed E-state index contributed by atoms with van der Waals surface area (Å²) in [7, 11) is 0. The van der Waals surface area contributed by atoms with Crippen LogP contribution in [-0.4, -0.2) is 10.1 Å². The number of fused-ring (bicyclic) bond motifs is 1. The quantitative estimate of drug-likeness (QED) is 0.701. The standard InChI is InChI=1S/C15H10FNO/c16-11-6-8-13-10(9-11)5-7-14(17-13)12-3-1-2-4-15(12)18/h1-9,18H. The first kappa shape index (κ1) is 10.7. The van der Waals surface area contributed by atoms with Gasteiger partial charge in [0, 0.05) is 10.9 Å². The molecule has 1 aromatic heterocycles. The minimum Gasteiger partial charge on any atom is -0.507 e. The first-order chi connectivity index (χ1) is 8.74. The molecule has 2 aromatic carbocycles. The van der Waals surface area contributed by atoms with Gasteiger partial charge in [0.1, 0.15) is 11.6 Å². The Hall–Kier alpha value is -2.42. The molecule has 0 aliphatic carbocycles. The number of aromatic hydroxyl groups is 1. The molecule has 3 heteroatoms. The second-order valence-electron chi connectivity index (χ2n) is 4.05. The number of benzene rings is 2. The van der Waals surface area contributed by atoms with Crippen molar-refractivity contribution < 1.29 is 9.50 Å². The van der Waals surface area contributed by atoms with Gasteiger partial charge in [0.2, 0.25) is 0 Å². The van der Waals surface area contributed by atoms with Crippen molar-refractivity contribution in [2.45, 2.75) is 0 Å². The highest BCUT2D eigenvalue weighted by molar-refractivity contribution is 5.82. The lowest BCUT2D eigenvalue weighted by molar-refractivity contribution is 0.477. The average molecular weight is 239 g/mol. The molecular formula is C15H10FNO. The van der Waals surface area contributed by atoms with Crippen LogP contribution in [-0.2, 0) is 0 Å². The summed E-state index contributed by atoms with van der Waals surface area (Å²) in [6, 6.07) is 15.0. The van der Waals surface area contributed by atoms with Crippen molar-refractivity contribution in [3.8, 4) is 17.0 Å². The van der Waals surface area contributed by atoms with Gasteiger partial charge in [-0.25, -0.2) is 9.37 Å². The number of pyridine rings is 1. The molecule has 1 N–H and O–H groups in total. The number of hydrogen-bond donors (Lipinski definition) is 1. The molecule has 0 radical (unpaired) electrons. The van der Waals surface area contributed by atoms with Crippen LogP contribution in [0.4, 0.5) is 4.39 Å². The number of nitrogens with zero attached hydrogens (tertiary/aromatic N) is 1. The van der Waals surface area contributed by atoms with Gasteiger partial charge in [0.25, 0.3) is 0 Å². The Balaban J connectivity index is 2.20. The van der Waals surface area contributed by atoms with Gasteiger partial charge < -0.3 is 5.11 Å². The van der Waals surface area contributed by atoms with E-state index in [-0.39, 0.29) is 11.6 Å². The van der Waals surface area contributed by atoms with Gasteiger partial charge in [-0.3, -0.25) is 0 Å². The lowest BCUT2D eigenvalue weighted by Crippen LogP contribution is -1.86. The molecule has 2 nitrogen and oxygen atoms in total. The van der Waals surface area contributed by atoms with Crippen LogP contribution in [0.25, 0.3) is 22.2 Å². The summed E-state index contributed by atoms with van der Waals surface area (Å²) < 4.78 is 13.1. The van der Waals surface area contributed by atoms with Gasteiger partial charge in [-0.2, -0.15) is 0 Å². The molecule has 0 saturated carbocycles. The minimum atomic E-state index is -0.278. The van der Waals surface area contributed by atoms with Crippen LogP contribution >= 0.6 is 0 Å². The molecule has 0 fully saturated rings. The highest BCUT2D eigenvalue weighted by atomic mass is 19.1. The van der Waals surface area contributed by atoms with E-state index in [4.69, 9.17) is 0 Å². The topological polar surface area (TPSA) is 33.1 Å². The number of rotatable bonds is 1. The summed E-state index contributed by atoms with van der Waals surface area (Å²) in [6.45, 7) is 0. The van der Waals surface area contributed by atoms with Crippen molar-refractivity contribution in [3.63, 3.8) is 0 Å². The average Bonchev–Trinajstić information content (AvgIpc) is 2.39. The van der Waals surface area contributed by atoms with E-state index in [1.807, 2.05) is 6.07 Å². The highest BCUT2D eigenvalue weighted by Gasteiger charge is 2.06. The molecule has 0 bridgehead atoms. The Morgan fingerprint density at radius 3 is 2.61 bits per heavy atom. The maximum atomic E-state index is 13.1. The lowest BCUT2D eigenvalue weighted by Gasteiger charge is -2.05. The summed E-state index contributed by atoms with van der Waals surface area (Å²) in [6.07, 6.45) is 0. The molecule has 3 aromatic rings. The van der Waals surface area contributed by atoms with Crippen LogP contribution in [0.15, 0.2) is 54.6 Å². The normalized spacial score (nSPS) is 10.7. The van der Waals surface area contributed by atoms with E-state index < -0.39 is 0 Å². The van der Waals surface area contributed by atoms with Crippen molar-refractivity contribution in [2.24, 2.45) is 0 Å². The number of phenols is 1. The minimum absolute atomic E-state index is 0.187. The van der Waals surface area contributed by atoms with Gasteiger partial charge in [0.05, 0.1) is 11.2 Å². The second kappa shape index (κ2) is 4.11. The number of hydrogen-bond acceptors (Lipinski definition) is 2. The third-order valence-corrected chi connectivity index (χ3v) is 2.83. The number of para-hydroxylation sites is 1. The van der Waals surface area contributed by atoms with Crippen LogP contribution in [0.2, 0.25) is 0 Å². The van der Waals surface area contributed by atoms with Gasteiger partial charge in [-0.05, 0) is 36.4 Å². The van der Waals surface area contributed by atoms with E-state index in [2.05, 4.69) is 4.98 Å². The molecule has 3 rings (SSSR count). The SMILES string of the molecule is Oc1ccccc1-c1ccc2cc(F)ccc2n1. The van der Waals surface area contributed by atoms with Gasteiger partial charge in [-0.1, -0.05) is 18.2 Å². The zero-order valence-corrected chi connectivity index (χ0v) is 9.47. The predicted molar refractivity (Wildman–Crippen MR) is 68.8 cm³/mol. The Kier molecular flexibility index (Phi) is 2.45. The van der Waals surface area contributed by atoms with E-state index in [0.717, 1.165) is 5.39 Å². The summed E-state index contributed by atoms with van der Waals surface area (Å²) >= 11 is 0. The smallest absolute Gasteiger partial charge is 0.124 e. The largest absolute Gasteiger partial charge is 0.507 e. The van der Waals surface area contributed by atoms with E-state index in [1.165, 1.54) is 12.1 Å². The molecule has 0 amide bonds. The molecule has 1 heterocycles. The van der Waals surface area contributed by atoms with Crippen molar-refractivity contribution in [2.75, 3.05) is 0 Å². The fourth-order valence-electron chi connectivity index (χ4n) is 1.94. The van der Waals surface area contributed by atoms with E-state index in [9.17, 15) is 9.50 Å². The molecule has 0 spiro atoms. The third kappa shape index (κ3) is 1.80. The Morgan fingerprint density at radius 1 is 0.944 bits per heavy atom. The van der Waals surface area contributed by atoms with E-state index >= 15 is 0 Å². The van der Waals surface area contributed by atoms with Gasteiger partial charge >= 0.3 is 0 Å². The van der Waals surface area contributed by atoms with Crippen LogP contribution < -0.4 is 0 Å². The molecule has 0 atom stereocenters. The zero-order valence-electron chi connectivity index (χ0n) is 9.47. The fourth-order valence-corrected chi connectivity index (χ4v) is 1.94. The van der Waals surface area contributed by atoms with Gasteiger partial charge in [0.15, 0.2) is 0 Å². The predicted octanol–water partition coefficient (Wildman–Crippen LogP) is 3.75. The fraction of sp³-hybridized carbons (Fsp3) is 0. The summed E-state index contributed by atoms with van der Waals surface area (Å²) in [5.74, 6) is -0.0916. The number of aromatic nitrogens is 1. The van der Waals surface area contributed by atoms with Crippen molar-refractivity contribution >= 4 is 10.9 Å². The van der Waals surface area contributed by atoms with E-state index in [0.29, 0.717) is 16.8 Å². The van der Waals surface area contributed by atoms with Crippen molar-refractivity contribution in [1.29, 1.82) is 0 Å². The van der Waals surface area contributed by atoms with Crippen molar-refractivity contribution in [1.82, 2.24) is 4.98 Å². The highest BCUT2D eigenvalue weighted by Crippen LogP contribution is 2.28. The summed E-state index contributed by atoms with van der Waals surface area (Å²) in [5.41, 5.74) is 2.05. The summed E-state index contributed by atoms with van der Waals surface area (Å²) in [5, 5.41) is 10.5. The van der Waals surface area contributed by atoms with Crippen LogP contribution in [0, 0.1) is 5.82 Å². The summed E-state index contributed by atoms with van der Waals surface area (Å²) in [4.78, 5) is 4.42. The molecular weight excluding hydrogens is 229 g/mol. The molecule has 18 heavy (non-hydrogen) atoms.